The zero-order valence-corrected chi connectivity index (χ0v) is 17.8. The van der Waals surface area contributed by atoms with Crippen LogP contribution >= 0.6 is 0 Å². The molecule has 0 saturated heterocycles. The van der Waals surface area contributed by atoms with Gasteiger partial charge in [0.2, 0.25) is 10.0 Å². The first-order valence-electron chi connectivity index (χ1n) is 9.29. The second-order valence-electron chi connectivity index (χ2n) is 7.34. The number of aromatic hydroxyl groups is 1. The lowest BCUT2D eigenvalue weighted by Crippen LogP contribution is -2.37. The average Bonchev–Trinajstić information content (AvgIpc) is 3.15. The number of alkyl halides is 3. The maximum absolute atomic E-state index is 13.1. The summed E-state index contributed by atoms with van der Waals surface area (Å²) in [6.45, 7) is -1.83. The van der Waals surface area contributed by atoms with Crippen LogP contribution in [0.25, 0.3) is 0 Å². The number of halogens is 3. The summed E-state index contributed by atoms with van der Waals surface area (Å²) in [7, 11) is -3.76. The second-order valence-corrected chi connectivity index (χ2v) is 9.32. The Balaban J connectivity index is 2.11. The summed E-state index contributed by atoms with van der Waals surface area (Å²) in [5.74, 6) is -3.38. The highest BCUT2D eigenvalue weighted by Crippen LogP contribution is 2.33. The zero-order valence-electron chi connectivity index (χ0n) is 17.0. The third-order valence-electron chi connectivity index (χ3n) is 5.03. The molecule has 33 heavy (non-hydrogen) atoms. The fraction of sp³-hybridized carbons (Fsp3) is 0.316. The number of nitrogens with one attached hydrogen (secondary N) is 1. The van der Waals surface area contributed by atoms with E-state index in [1.807, 2.05) is 5.32 Å². The lowest BCUT2D eigenvalue weighted by Gasteiger charge is -2.16. The molecule has 0 unspecified atom stereocenters. The van der Waals surface area contributed by atoms with Crippen LogP contribution in [-0.4, -0.2) is 52.2 Å². The Hall–Kier alpha value is -3.39. The number of rotatable bonds is 6. The van der Waals surface area contributed by atoms with E-state index in [0.29, 0.717) is 0 Å². The summed E-state index contributed by atoms with van der Waals surface area (Å²) in [4.78, 5) is 36.2. The predicted molar refractivity (Wildman–Crippen MR) is 107 cm³/mol. The van der Waals surface area contributed by atoms with Crippen molar-refractivity contribution in [1.82, 2.24) is 14.2 Å². The van der Waals surface area contributed by atoms with Crippen LogP contribution in [0.2, 0.25) is 0 Å². The van der Waals surface area contributed by atoms with Gasteiger partial charge in [0.05, 0.1) is 24.9 Å². The number of carboxylic acids is 1. The minimum absolute atomic E-state index is 0.0348. The van der Waals surface area contributed by atoms with E-state index in [0.717, 1.165) is 39.4 Å². The van der Waals surface area contributed by atoms with Crippen LogP contribution in [0, 0.1) is 0 Å². The lowest BCUT2D eigenvalue weighted by atomic mass is 10.1. The minimum atomic E-state index is -4.57. The quantitative estimate of drug-likeness (QED) is 0.542. The van der Waals surface area contributed by atoms with Crippen LogP contribution in [0.5, 0.6) is 5.75 Å². The fourth-order valence-corrected chi connectivity index (χ4v) is 4.11. The molecule has 0 atom stereocenters. The van der Waals surface area contributed by atoms with Crippen molar-refractivity contribution in [3.05, 3.63) is 62.6 Å². The van der Waals surface area contributed by atoms with Crippen LogP contribution in [0.4, 0.5) is 13.2 Å². The number of benzene rings is 1. The summed E-state index contributed by atoms with van der Waals surface area (Å²) < 4.78 is 64.4. The molecule has 1 aliphatic rings. The summed E-state index contributed by atoms with van der Waals surface area (Å²) in [5, 5.41) is 21.3. The Labute approximate surface area is 184 Å². The molecule has 1 aromatic heterocycles. The Morgan fingerprint density at radius 2 is 1.76 bits per heavy atom. The lowest BCUT2D eigenvalue weighted by molar-refractivity contribution is -0.138. The predicted octanol–water partition coefficient (Wildman–Crippen LogP) is 0.711. The van der Waals surface area contributed by atoms with Crippen molar-refractivity contribution < 1.29 is 41.4 Å². The van der Waals surface area contributed by atoms with E-state index < -0.39 is 57.1 Å². The van der Waals surface area contributed by atoms with Gasteiger partial charge < -0.3 is 20.1 Å². The standard InChI is InChI=1S/C19H18F3N3O7S/c1-33(31,32)24-8-12-13(9-24)25(7-10-2-4-11(5-3-10)19(20,21)22)18(30)15(16(12)28)17(29)23-6-14(26)27/h2-5,28H,6-9H2,1H3,(H,23,29)(H,26,27). The number of hydrogen-bond acceptors (Lipinski definition) is 6. The molecule has 1 amide bonds. The van der Waals surface area contributed by atoms with E-state index >= 15 is 0 Å². The Morgan fingerprint density at radius 3 is 2.27 bits per heavy atom. The molecular weight excluding hydrogens is 471 g/mol. The highest BCUT2D eigenvalue weighted by molar-refractivity contribution is 7.88. The number of pyridine rings is 1. The Kier molecular flexibility index (Phi) is 6.26. The molecule has 0 fully saturated rings. The highest BCUT2D eigenvalue weighted by atomic mass is 32.2. The van der Waals surface area contributed by atoms with Crippen LogP contribution in [0.3, 0.4) is 0 Å². The third-order valence-corrected chi connectivity index (χ3v) is 6.23. The smallest absolute Gasteiger partial charge is 0.416 e. The number of amides is 1. The molecule has 2 heterocycles. The van der Waals surface area contributed by atoms with Gasteiger partial charge in [0.15, 0.2) is 0 Å². The van der Waals surface area contributed by atoms with Crippen molar-refractivity contribution in [2.45, 2.75) is 25.8 Å². The first-order chi connectivity index (χ1) is 15.2. The monoisotopic (exact) mass is 489 g/mol. The van der Waals surface area contributed by atoms with Gasteiger partial charge in [-0.05, 0) is 17.7 Å². The molecule has 2 aromatic rings. The highest BCUT2D eigenvalue weighted by Gasteiger charge is 2.35. The fourth-order valence-electron chi connectivity index (χ4n) is 3.39. The van der Waals surface area contributed by atoms with Crippen molar-refractivity contribution >= 4 is 21.9 Å². The van der Waals surface area contributed by atoms with Gasteiger partial charge in [-0.3, -0.25) is 14.4 Å². The molecule has 0 spiro atoms. The van der Waals surface area contributed by atoms with E-state index in [2.05, 4.69) is 0 Å². The number of carbonyl (C=O) groups is 2. The Bertz CT molecular complexity index is 1290. The van der Waals surface area contributed by atoms with Gasteiger partial charge in [-0.1, -0.05) is 12.1 Å². The Morgan fingerprint density at radius 1 is 1.15 bits per heavy atom. The number of fused-ring (bicyclic) bond motifs is 1. The first-order valence-corrected chi connectivity index (χ1v) is 11.1. The summed E-state index contributed by atoms with van der Waals surface area (Å²) in [6, 6.07) is 3.87. The van der Waals surface area contributed by atoms with Crippen molar-refractivity contribution in [3.63, 3.8) is 0 Å². The van der Waals surface area contributed by atoms with Gasteiger partial charge in [-0.25, -0.2) is 8.42 Å². The van der Waals surface area contributed by atoms with Gasteiger partial charge in [0.25, 0.3) is 11.5 Å². The van der Waals surface area contributed by atoms with E-state index in [-0.39, 0.29) is 36.5 Å². The number of carboxylic acid groups (broad SMARTS) is 1. The first kappa shape index (κ1) is 24.3. The number of carbonyl (C=O) groups excluding carboxylic acids is 1. The van der Waals surface area contributed by atoms with Gasteiger partial charge in [0.1, 0.15) is 17.9 Å². The number of aromatic nitrogens is 1. The zero-order chi connectivity index (χ0) is 24.7. The van der Waals surface area contributed by atoms with Crippen LogP contribution in [-0.2, 0) is 40.6 Å². The second kappa shape index (κ2) is 8.51. The number of nitrogens with zero attached hydrogens (tertiary/aromatic N) is 2. The maximum Gasteiger partial charge on any atom is 0.416 e. The summed E-state index contributed by atoms with van der Waals surface area (Å²) in [5.41, 5.74) is -2.48. The van der Waals surface area contributed by atoms with Crippen LogP contribution in [0.15, 0.2) is 29.1 Å². The van der Waals surface area contributed by atoms with Gasteiger partial charge in [-0.15, -0.1) is 0 Å². The summed E-state index contributed by atoms with van der Waals surface area (Å²) >= 11 is 0. The van der Waals surface area contributed by atoms with Crippen LogP contribution in [0.1, 0.15) is 32.7 Å². The van der Waals surface area contributed by atoms with Crippen molar-refractivity contribution in [3.8, 4) is 5.75 Å². The van der Waals surface area contributed by atoms with E-state index in [1.54, 1.807) is 0 Å². The number of hydrogen-bond donors (Lipinski definition) is 3. The molecule has 0 aliphatic carbocycles. The van der Waals surface area contributed by atoms with Crippen molar-refractivity contribution in [2.24, 2.45) is 0 Å². The van der Waals surface area contributed by atoms with Gasteiger partial charge >= 0.3 is 12.1 Å². The van der Waals surface area contributed by atoms with E-state index in [4.69, 9.17) is 5.11 Å². The largest absolute Gasteiger partial charge is 0.506 e. The van der Waals surface area contributed by atoms with E-state index in [1.165, 1.54) is 0 Å². The summed E-state index contributed by atoms with van der Waals surface area (Å²) in [6.07, 6.45) is -3.66. The topological polar surface area (TPSA) is 146 Å². The number of sulfonamides is 1. The molecule has 3 rings (SSSR count). The van der Waals surface area contributed by atoms with Gasteiger partial charge in [0, 0.05) is 17.8 Å². The molecule has 0 bridgehead atoms. The molecule has 0 radical (unpaired) electrons. The van der Waals surface area contributed by atoms with Crippen molar-refractivity contribution in [2.75, 3.05) is 12.8 Å². The molecule has 0 saturated carbocycles. The number of aliphatic carboxylic acids is 1. The molecule has 1 aliphatic heterocycles. The minimum Gasteiger partial charge on any atom is -0.506 e. The molecule has 10 nitrogen and oxygen atoms in total. The third kappa shape index (κ3) is 5.01. The van der Waals surface area contributed by atoms with E-state index in [9.17, 15) is 41.1 Å². The average molecular weight is 489 g/mol. The molecule has 178 valence electrons. The normalized spacial score (nSPS) is 14.2. The molecule has 3 N–H and O–H groups in total. The van der Waals surface area contributed by atoms with Crippen molar-refractivity contribution in [1.29, 1.82) is 0 Å². The molecule has 1 aromatic carbocycles. The molecular formula is C19H18F3N3O7S. The molecule has 14 heteroatoms. The van der Waals surface area contributed by atoms with Crippen LogP contribution < -0.4 is 10.9 Å². The maximum atomic E-state index is 13.1. The SMILES string of the molecule is CS(=O)(=O)N1Cc2c(O)c(C(=O)NCC(=O)O)c(=O)n(Cc3ccc(C(F)(F)F)cc3)c2C1. The van der Waals surface area contributed by atoms with Gasteiger partial charge in [-0.2, -0.15) is 17.5 Å².